The maximum atomic E-state index is 12.0. The van der Waals surface area contributed by atoms with Crippen molar-refractivity contribution in [2.75, 3.05) is 11.1 Å². The van der Waals surface area contributed by atoms with E-state index in [0.29, 0.717) is 17.5 Å². The summed E-state index contributed by atoms with van der Waals surface area (Å²) in [5.41, 5.74) is 5.50. The minimum Gasteiger partial charge on any atom is -0.384 e. The number of amides is 1. The van der Waals surface area contributed by atoms with E-state index >= 15 is 0 Å². The lowest BCUT2D eigenvalue weighted by atomic mass is 10.1. The van der Waals surface area contributed by atoms with Gasteiger partial charge in [0.15, 0.2) is 0 Å². The van der Waals surface area contributed by atoms with Gasteiger partial charge in [0.2, 0.25) is 5.91 Å². The van der Waals surface area contributed by atoms with E-state index in [2.05, 4.69) is 20.6 Å². The summed E-state index contributed by atoms with van der Waals surface area (Å²) in [6.45, 7) is 11.6. The Bertz CT molecular complexity index is 479. The molecule has 20 heavy (non-hydrogen) atoms. The average Bonchev–Trinajstić information content (AvgIpc) is 2.25. The first-order valence-electron chi connectivity index (χ1n) is 6.81. The van der Waals surface area contributed by atoms with Crippen LogP contribution in [-0.2, 0) is 4.79 Å². The number of anilines is 2. The summed E-state index contributed by atoms with van der Waals surface area (Å²) in [6, 6.07) is 1.23. The lowest BCUT2D eigenvalue weighted by Crippen LogP contribution is -2.47. The molecule has 1 heterocycles. The molecule has 0 fully saturated rings. The highest BCUT2D eigenvalue weighted by Gasteiger charge is 2.19. The van der Waals surface area contributed by atoms with Crippen LogP contribution in [0.4, 0.5) is 11.6 Å². The zero-order valence-electron chi connectivity index (χ0n) is 13.1. The number of rotatable bonds is 4. The van der Waals surface area contributed by atoms with Crippen molar-refractivity contribution in [3.05, 3.63) is 11.9 Å². The van der Waals surface area contributed by atoms with Gasteiger partial charge in [-0.15, -0.1) is 0 Å². The Kier molecular flexibility index (Phi) is 4.92. The Hall–Kier alpha value is -1.85. The summed E-state index contributed by atoms with van der Waals surface area (Å²) in [6.07, 6.45) is 0. The summed E-state index contributed by atoms with van der Waals surface area (Å²) in [5.74, 6) is 1.72. The molecule has 6 nitrogen and oxygen atoms in total. The van der Waals surface area contributed by atoms with Crippen molar-refractivity contribution < 1.29 is 4.79 Å². The number of aromatic nitrogens is 2. The fourth-order valence-electron chi connectivity index (χ4n) is 1.58. The van der Waals surface area contributed by atoms with E-state index in [1.54, 1.807) is 13.0 Å². The van der Waals surface area contributed by atoms with Gasteiger partial charge in [-0.3, -0.25) is 4.79 Å². The van der Waals surface area contributed by atoms with Gasteiger partial charge in [-0.1, -0.05) is 13.8 Å². The molecule has 0 saturated carbocycles. The normalized spacial score (nSPS) is 13.2. The number of nitrogens with two attached hydrogens (primary N) is 1. The molecule has 1 atom stereocenters. The monoisotopic (exact) mass is 279 g/mol. The molecule has 0 saturated heterocycles. The molecule has 1 aromatic heterocycles. The fraction of sp³-hybridized carbons (Fsp3) is 0.643. The maximum Gasteiger partial charge on any atom is 0.242 e. The highest BCUT2D eigenvalue weighted by Crippen LogP contribution is 2.15. The third-order valence-electron chi connectivity index (χ3n) is 2.54. The van der Waals surface area contributed by atoms with Crippen molar-refractivity contribution in [1.29, 1.82) is 0 Å². The van der Waals surface area contributed by atoms with Crippen LogP contribution in [0.15, 0.2) is 6.07 Å². The minimum absolute atomic E-state index is 0.0826. The first kappa shape index (κ1) is 16.2. The van der Waals surface area contributed by atoms with Gasteiger partial charge in [0.25, 0.3) is 0 Å². The molecule has 4 N–H and O–H groups in total. The van der Waals surface area contributed by atoms with Gasteiger partial charge in [-0.05, 0) is 27.7 Å². The van der Waals surface area contributed by atoms with Crippen molar-refractivity contribution in [3.63, 3.8) is 0 Å². The van der Waals surface area contributed by atoms with Gasteiger partial charge in [-0.2, -0.15) is 0 Å². The molecule has 1 aromatic rings. The van der Waals surface area contributed by atoms with E-state index in [9.17, 15) is 4.79 Å². The zero-order chi connectivity index (χ0) is 15.5. The third-order valence-corrected chi connectivity index (χ3v) is 2.54. The predicted molar refractivity (Wildman–Crippen MR) is 81.5 cm³/mol. The lowest BCUT2D eigenvalue weighted by molar-refractivity contribution is -0.122. The van der Waals surface area contributed by atoms with Crippen molar-refractivity contribution in [1.82, 2.24) is 15.3 Å². The smallest absolute Gasteiger partial charge is 0.242 e. The fourth-order valence-corrected chi connectivity index (χ4v) is 1.58. The number of hydrogen-bond donors (Lipinski definition) is 3. The van der Waals surface area contributed by atoms with Crippen LogP contribution in [0.1, 0.15) is 53.3 Å². The summed E-state index contributed by atoms with van der Waals surface area (Å²) in [5, 5.41) is 5.97. The molecule has 0 aliphatic carbocycles. The number of nitrogens with zero attached hydrogens (tertiary/aromatic N) is 2. The highest BCUT2D eigenvalue weighted by atomic mass is 16.2. The number of hydrogen-bond acceptors (Lipinski definition) is 5. The first-order chi connectivity index (χ1) is 9.08. The zero-order valence-corrected chi connectivity index (χ0v) is 13.1. The molecular weight excluding hydrogens is 254 g/mol. The predicted octanol–water partition coefficient (Wildman–Crippen LogP) is 1.90. The molecule has 0 aliphatic rings. The van der Waals surface area contributed by atoms with Crippen LogP contribution in [0.3, 0.4) is 0 Å². The number of carbonyl (C=O) groups is 1. The summed E-state index contributed by atoms with van der Waals surface area (Å²) in [4.78, 5) is 20.6. The maximum absolute atomic E-state index is 12.0. The van der Waals surface area contributed by atoms with Gasteiger partial charge < -0.3 is 16.4 Å². The Morgan fingerprint density at radius 1 is 1.25 bits per heavy atom. The molecular formula is C14H25N5O. The molecule has 1 amide bonds. The van der Waals surface area contributed by atoms with Crippen molar-refractivity contribution >= 4 is 17.5 Å². The van der Waals surface area contributed by atoms with E-state index < -0.39 is 6.04 Å². The van der Waals surface area contributed by atoms with Crippen LogP contribution in [0.25, 0.3) is 0 Å². The number of carbonyl (C=O) groups excluding carboxylic acids is 1. The molecule has 0 radical (unpaired) electrons. The highest BCUT2D eigenvalue weighted by molar-refractivity contribution is 5.84. The van der Waals surface area contributed by atoms with E-state index in [1.165, 1.54) is 0 Å². The van der Waals surface area contributed by atoms with Crippen LogP contribution in [0.2, 0.25) is 0 Å². The van der Waals surface area contributed by atoms with Gasteiger partial charge in [0.1, 0.15) is 23.5 Å². The van der Waals surface area contributed by atoms with Gasteiger partial charge in [-0.25, -0.2) is 9.97 Å². The SMILES string of the molecule is CC(Nc1cc(N)nc(C(C)C)n1)C(=O)NC(C)(C)C. The first-order valence-corrected chi connectivity index (χ1v) is 6.81. The third kappa shape index (κ3) is 5.03. The van der Waals surface area contributed by atoms with Crippen molar-refractivity contribution in [2.45, 2.75) is 59.0 Å². The van der Waals surface area contributed by atoms with E-state index in [1.807, 2.05) is 34.6 Å². The van der Waals surface area contributed by atoms with Gasteiger partial charge >= 0.3 is 0 Å². The van der Waals surface area contributed by atoms with E-state index in [0.717, 1.165) is 0 Å². The second-order valence-electron chi connectivity index (χ2n) is 6.30. The molecule has 0 aliphatic heterocycles. The number of nitrogen functional groups attached to an aromatic ring is 1. The van der Waals surface area contributed by atoms with Crippen molar-refractivity contribution in [3.8, 4) is 0 Å². The molecule has 1 rings (SSSR count). The molecule has 1 unspecified atom stereocenters. The van der Waals surface area contributed by atoms with E-state index in [4.69, 9.17) is 5.73 Å². The van der Waals surface area contributed by atoms with Gasteiger partial charge in [0, 0.05) is 17.5 Å². The van der Waals surface area contributed by atoms with Gasteiger partial charge in [0.05, 0.1) is 0 Å². The van der Waals surface area contributed by atoms with E-state index in [-0.39, 0.29) is 17.4 Å². The lowest BCUT2D eigenvalue weighted by Gasteiger charge is -2.24. The molecule has 112 valence electrons. The van der Waals surface area contributed by atoms with Crippen molar-refractivity contribution in [2.24, 2.45) is 0 Å². The second kappa shape index (κ2) is 6.07. The molecule has 0 bridgehead atoms. The number of nitrogens with one attached hydrogen (secondary N) is 2. The summed E-state index contributed by atoms with van der Waals surface area (Å²) >= 11 is 0. The molecule has 6 heteroatoms. The summed E-state index contributed by atoms with van der Waals surface area (Å²) < 4.78 is 0. The van der Waals surface area contributed by atoms with Crippen LogP contribution in [-0.4, -0.2) is 27.5 Å². The van der Waals surface area contributed by atoms with Crippen LogP contribution >= 0.6 is 0 Å². The Labute approximate surface area is 120 Å². The topological polar surface area (TPSA) is 92.9 Å². The second-order valence-corrected chi connectivity index (χ2v) is 6.30. The molecule has 0 spiro atoms. The summed E-state index contributed by atoms with van der Waals surface area (Å²) in [7, 11) is 0. The Balaban J connectivity index is 2.80. The largest absolute Gasteiger partial charge is 0.384 e. The van der Waals surface area contributed by atoms with Crippen LogP contribution in [0.5, 0.6) is 0 Å². The average molecular weight is 279 g/mol. The van der Waals surface area contributed by atoms with Crippen LogP contribution in [0, 0.1) is 0 Å². The quantitative estimate of drug-likeness (QED) is 0.782. The Morgan fingerprint density at radius 3 is 2.35 bits per heavy atom. The Morgan fingerprint density at radius 2 is 1.85 bits per heavy atom. The standard InChI is InChI=1S/C14H25N5O/c1-8(2)12-17-10(15)7-11(18-12)16-9(3)13(20)19-14(4,5)6/h7-9H,1-6H3,(H,19,20)(H3,15,16,17,18). The molecule has 0 aromatic carbocycles. The van der Waals surface area contributed by atoms with Crippen LogP contribution < -0.4 is 16.4 Å². The minimum atomic E-state index is -0.400.